The van der Waals surface area contributed by atoms with Crippen LogP contribution in [-0.2, 0) is 11.3 Å². The smallest absolute Gasteiger partial charge is 0.407 e. The third-order valence-electron chi connectivity index (χ3n) is 5.36. The lowest BCUT2D eigenvalue weighted by Gasteiger charge is -2.22. The number of carbonyl (C=O) groups is 1. The number of hydrogen-bond acceptors (Lipinski definition) is 8. The van der Waals surface area contributed by atoms with Crippen molar-refractivity contribution in [1.82, 2.24) is 34.9 Å². The Hall–Kier alpha value is -3.41. The maximum Gasteiger partial charge on any atom is 0.407 e. The predicted molar refractivity (Wildman–Crippen MR) is 132 cm³/mol. The van der Waals surface area contributed by atoms with Gasteiger partial charge < -0.3 is 25.3 Å². The Morgan fingerprint density at radius 1 is 1.26 bits per heavy atom. The molecule has 11 nitrogen and oxygen atoms in total. The Morgan fingerprint density at radius 3 is 2.88 bits per heavy atom. The standard InChI is InChI=1S/C22H26BrN9O2/c1-22(2,3)34-21(33)26-13-8-9-31(12-13)20-29-18-14(23)10-25-32(18)19(30-20)24-11-17-27-15-6-4-5-7-16(15)28-17/h4-7,10,13H,8-9,11-12H2,1-3H3,(H,26,33)(H,27,28)(H,24,29,30). The molecule has 0 spiro atoms. The molecule has 12 heteroatoms. The fourth-order valence-electron chi connectivity index (χ4n) is 3.88. The highest BCUT2D eigenvalue weighted by atomic mass is 79.9. The second-order valence-corrected chi connectivity index (χ2v) is 10.1. The maximum absolute atomic E-state index is 12.2. The number of hydrogen-bond donors (Lipinski definition) is 3. The average molecular weight is 528 g/mol. The van der Waals surface area contributed by atoms with E-state index in [1.165, 1.54) is 0 Å². The van der Waals surface area contributed by atoms with Crippen LogP contribution in [0.3, 0.4) is 0 Å². The molecule has 0 saturated carbocycles. The van der Waals surface area contributed by atoms with Gasteiger partial charge in [-0.15, -0.1) is 0 Å². The Labute approximate surface area is 204 Å². The van der Waals surface area contributed by atoms with Crippen LogP contribution >= 0.6 is 15.9 Å². The first-order valence-corrected chi connectivity index (χ1v) is 11.9. The van der Waals surface area contributed by atoms with Crippen LogP contribution in [0.15, 0.2) is 34.9 Å². The molecule has 178 valence electrons. The van der Waals surface area contributed by atoms with Crippen molar-refractivity contribution in [3.63, 3.8) is 0 Å². The second kappa shape index (κ2) is 8.75. The third kappa shape index (κ3) is 4.76. The number of nitrogens with one attached hydrogen (secondary N) is 3. The van der Waals surface area contributed by atoms with Crippen molar-refractivity contribution >= 4 is 50.6 Å². The van der Waals surface area contributed by atoms with Crippen molar-refractivity contribution in [1.29, 1.82) is 0 Å². The average Bonchev–Trinajstić information content (AvgIpc) is 3.49. The number of nitrogens with zero attached hydrogens (tertiary/aromatic N) is 6. The molecule has 34 heavy (non-hydrogen) atoms. The number of aromatic amines is 1. The second-order valence-electron chi connectivity index (χ2n) is 9.21. The zero-order valence-corrected chi connectivity index (χ0v) is 20.8. The number of fused-ring (bicyclic) bond motifs is 2. The number of halogens is 1. The molecule has 1 atom stereocenters. The Kier molecular flexibility index (Phi) is 5.76. The molecular formula is C22H26BrN9O2. The number of H-pyrrole nitrogens is 1. The van der Waals surface area contributed by atoms with Gasteiger partial charge in [0.25, 0.3) is 0 Å². The number of rotatable bonds is 5. The molecule has 3 N–H and O–H groups in total. The van der Waals surface area contributed by atoms with E-state index in [0.717, 1.165) is 27.8 Å². The number of imidazole rings is 1. The van der Waals surface area contributed by atoms with Crippen LogP contribution in [0.1, 0.15) is 33.0 Å². The molecule has 0 aliphatic carbocycles. The van der Waals surface area contributed by atoms with E-state index in [1.54, 1.807) is 10.7 Å². The van der Waals surface area contributed by atoms with E-state index in [4.69, 9.17) is 14.7 Å². The fraction of sp³-hybridized carbons (Fsp3) is 0.409. The van der Waals surface area contributed by atoms with E-state index in [1.807, 2.05) is 49.9 Å². The van der Waals surface area contributed by atoms with E-state index in [-0.39, 0.29) is 6.04 Å². The van der Waals surface area contributed by atoms with Gasteiger partial charge >= 0.3 is 6.09 Å². The number of aromatic nitrogens is 6. The summed E-state index contributed by atoms with van der Waals surface area (Å²) in [6.07, 6.45) is 2.05. The summed E-state index contributed by atoms with van der Waals surface area (Å²) in [5.74, 6) is 1.91. The highest BCUT2D eigenvalue weighted by molar-refractivity contribution is 9.10. The van der Waals surface area contributed by atoms with Crippen LogP contribution in [0.4, 0.5) is 16.7 Å². The molecule has 1 aliphatic heterocycles. The molecule has 5 rings (SSSR count). The Bertz CT molecular complexity index is 1310. The number of alkyl carbamates (subject to hydrolysis) is 1. The van der Waals surface area contributed by atoms with Gasteiger partial charge in [0, 0.05) is 13.1 Å². The van der Waals surface area contributed by atoms with E-state index in [0.29, 0.717) is 37.2 Å². The minimum Gasteiger partial charge on any atom is -0.444 e. The molecule has 3 aromatic heterocycles. The number of para-hydroxylation sites is 2. The van der Waals surface area contributed by atoms with E-state index in [9.17, 15) is 4.79 Å². The first-order chi connectivity index (χ1) is 16.2. The van der Waals surface area contributed by atoms with E-state index >= 15 is 0 Å². The summed E-state index contributed by atoms with van der Waals surface area (Å²) in [6, 6.07) is 7.85. The summed E-state index contributed by atoms with van der Waals surface area (Å²) in [5, 5.41) is 10.7. The summed E-state index contributed by atoms with van der Waals surface area (Å²) in [6.45, 7) is 7.29. The van der Waals surface area contributed by atoms with Gasteiger partial charge in [-0.2, -0.15) is 19.6 Å². The van der Waals surface area contributed by atoms with Gasteiger partial charge in [0.1, 0.15) is 11.4 Å². The van der Waals surface area contributed by atoms with Gasteiger partial charge in [-0.3, -0.25) is 0 Å². The van der Waals surface area contributed by atoms with Crippen LogP contribution in [0, 0.1) is 0 Å². The molecule has 4 aromatic rings. The Balaban J connectivity index is 1.33. The summed E-state index contributed by atoms with van der Waals surface area (Å²) >= 11 is 3.52. The molecule has 1 unspecified atom stereocenters. The lowest BCUT2D eigenvalue weighted by molar-refractivity contribution is 0.0509. The van der Waals surface area contributed by atoms with Gasteiger partial charge in [-0.25, -0.2) is 9.78 Å². The molecule has 1 aromatic carbocycles. The van der Waals surface area contributed by atoms with Crippen LogP contribution in [-0.4, -0.2) is 60.4 Å². The van der Waals surface area contributed by atoms with Crippen molar-refractivity contribution < 1.29 is 9.53 Å². The van der Waals surface area contributed by atoms with E-state index in [2.05, 4.69) is 41.6 Å². The lowest BCUT2D eigenvalue weighted by atomic mass is 10.2. The van der Waals surface area contributed by atoms with Crippen molar-refractivity contribution in [3.05, 3.63) is 40.8 Å². The summed E-state index contributed by atoms with van der Waals surface area (Å²) in [5.41, 5.74) is 2.01. The topological polar surface area (TPSA) is 125 Å². The predicted octanol–water partition coefficient (Wildman–Crippen LogP) is 3.48. The summed E-state index contributed by atoms with van der Waals surface area (Å²) < 4.78 is 7.81. The maximum atomic E-state index is 12.2. The summed E-state index contributed by atoms with van der Waals surface area (Å²) in [4.78, 5) is 31.6. The monoisotopic (exact) mass is 527 g/mol. The van der Waals surface area contributed by atoms with Crippen LogP contribution in [0.2, 0.25) is 0 Å². The lowest BCUT2D eigenvalue weighted by Crippen LogP contribution is -2.40. The first-order valence-electron chi connectivity index (χ1n) is 11.1. The van der Waals surface area contributed by atoms with Crippen molar-refractivity contribution in [2.75, 3.05) is 23.3 Å². The van der Waals surface area contributed by atoms with Gasteiger partial charge in [-0.05, 0) is 55.3 Å². The minimum atomic E-state index is -0.536. The normalized spacial score (nSPS) is 16.4. The number of carbonyl (C=O) groups excluding carboxylic acids is 1. The van der Waals surface area contributed by atoms with Gasteiger partial charge in [0.05, 0.1) is 34.3 Å². The minimum absolute atomic E-state index is 0.0463. The fourth-order valence-corrected chi connectivity index (χ4v) is 4.23. The zero-order chi connectivity index (χ0) is 23.9. The molecule has 1 amide bonds. The van der Waals surface area contributed by atoms with Crippen LogP contribution in [0.25, 0.3) is 16.7 Å². The molecular weight excluding hydrogens is 502 g/mol. The van der Waals surface area contributed by atoms with Crippen LogP contribution in [0.5, 0.6) is 0 Å². The third-order valence-corrected chi connectivity index (χ3v) is 5.92. The molecule has 4 heterocycles. The highest BCUT2D eigenvalue weighted by Crippen LogP contribution is 2.24. The largest absolute Gasteiger partial charge is 0.444 e. The molecule has 1 saturated heterocycles. The summed E-state index contributed by atoms with van der Waals surface area (Å²) in [7, 11) is 0. The highest BCUT2D eigenvalue weighted by Gasteiger charge is 2.28. The molecule has 1 aliphatic rings. The van der Waals surface area contributed by atoms with Gasteiger partial charge in [0.15, 0.2) is 5.65 Å². The van der Waals surface area contributed by atoms with Gasteiger partial charge in [0.2, 0.25) is 11.9 Å². The van der Waals surface area contributed by atoms with Crippen LogP contribution < -0.4 is 15.5 Å². The first kappa shape index (κ1) is 22.4. The number of ether oxygens (including phenoxy) is 1. The SMILES string of the molecule is CC(C)(C)OC(=O)NC1CCN(c2nc(NCc3nc4ccccc4[nH]3)n3ncc(Br)c3n2)C1. The van der Waals surface area contributed by atoms with Gasteiger partial charge in [-0.1, -0.05) is 12.1 Å². The van der Waals surface area contributed by atoms with Crippen molar-refractivity contribution in [3.8, 4) is 0 Å². The molecule has 0 bridgehead atoms. The zero-order valence-electron chi connectivity index (χ0n) is 19.2. The van der Waals surface area contributed by atoms with Crippen molar-refractivity contribution in [2.45, 2.75) is 45.4 Å². The number of amides is 1. The van der Waals surface area contributed by atoms with Crippen molar-refractivity contribution in [2.24, 2.45) is 0 Å². The number of benzene rings is 1. The number of anilines is 2. The van der Waals surface area contributed by atoms with E-state index < -0.39 is 11.7 Å². The Morgan fingerprint density at radius 2 is 2.09 bits per heavy atom. The molecule has 1 fully saturated rings. The molecule has 0 radical (unpaired) electrons. The quantitative estimate of drug-likeness (QED) is 0.360.